The Morgan fingerprint density at radius 2 is 1.81 bits per heavy atom. The van der Waals surface area contributed by atoms with Crippen molar-refractivity contribution in [2.75, 3.05) is 6.61 Å². The fraction of sp³-hybridized carbons (Fsp3) is 0.100. The Kier molecular flexibility index (Phi) is 5.43. The molecule has 1 aliphatic heterocycles. The molecule has 1 heterocycles. The van der Waals surface area contributed by atoms with Gasteiger partial charge < -0.3 is 14.9 Å². The maximum atomic E-state index is 12.3. The van der Waals surface area contributed by atoms with E-state index in [0.717, 1.165) is 5.56 Å². The Morgan fingerprint density at radius 3 is 2.46 bits per heavy atom. The van der Waals surface area contributed by atoms with Crippen molar-refractivity contribution in [1.82, 2.24) is 0 Å². The van der Waals surface area contributed by atoms with Crippen molar-refractivity contribution in [3.05, 3.63) is 76.4 Å². The average Bonchev–Trinajstić information content (AvgIpc) is 2.93. The van der Waals surface area contributed by atoms with Crippen LogP contribution in [0.25, 0.3) is 6.08 Å². The number of hydrogen-bond acceptors (Lipinski definition) is 6. The molecular weight excluding hydrogens is 350 g/mol. The molecule has 2 aromatic rings. The summed E-state index contributed by atoms with van der Waals surface area (Å²) in [6.45, 7) is 1.91. The lowest BCUT2D eigenvalue weighted by Crippen LogP contribution is -2.12. The lowest BCUT2D eigenvalue weighted by molar-refractivity contribution is -0.138. The number of esters is 1. The van der Waals surface area contributed by atoms with E-state index in [1.54, 1.807) is 37.3 Å². The number of aliphatic hydroxyl groups is 1. The molecule has 2 aromatic carbocycles. The van der Waals surface area contributed by atoms with E-state index in [1.165, 1.54) is 11.8 Å². The highest BCUT2D eigenvalue weighted by Crippen LogP contribution is 2.40. The minimum Gasteiger partial charge on any atom is -0.508 e. The van der Waals surface area contributed by atoms with E-state index in [4.69, 9.17) is 4.74 Å². The Morgan fingerprint density at radius 1 is 1.12 bits per heavy atom. The first kappa shape index (κ1) is 17.8. The number of rotatable bonds is 4. The number of carbonyl (C=O) groups is 1. The number of phenols is 1. The van der Waals surface area contributed by atoms with Crippen LogP contribution in [0, 0.1) is 0 Å². The van der Waals surface area contributed by atoms with E-state index in [1.807, 2.05) is 30.3 Å². The van der Waals surface area contributed by atoms with Crippen molar-refractivity contribution >= 4 is 34.5 Å². The van der Waals surface area contributed by atoms with Crippen molar-refractivity contribution in [1.29, 1.82) is 0 Å². The third kappa shape index (κ3) is 3.97. The molecule has 0 amide bonds. The average molecular weight is 367 g/mol. The fourth-order valence-electron chi connectivity index (χ4n) is 2.33. The monoisotopic (exact) mass is 367 g/mol. The van der Waals surface area contributed by atoms with Gasteiger partial charge in [0.25, 0.3) is 0 Å². The lowest BCUT2D eigenvalue weighted by atomic mass is 10.1. The molecule has 0 spiro atoms. The van der Waals surface area contributed by atoms with Gasteiger partial charge in [-0.25, -0.2) is 9.79 Å². The number of aromatic hydroxyl groups is 1. The maximum Gasteiger partial charge on any atom is 0.344 e. The highest BCUT2D eigenvalue weighted by molar-refractivity contribution is 8.18. The summed E-state index contributed by atoms with van der Waals surface area (Å²) in [6, 6.07) is 15.7. The van der Waals surface area contributed by atoms with Crippen LogP contribution in [0.3, 0.4) is 0 Å². The topological polar surface area (TPSA) is 79.1 Å². The molecule has 0 aromatic heterocycles. The second-order valence-electron chi connectivity index (χ2n) is 5.40. The quantitative estimate of drug-likeness (QED) is 0.773. The Hall–Kier alpha value is -2.99. The van der Waals surface area contributed by atoms with Gasteiger partial charge in [0.2, 0.25) is 0 Å². The van der Waals surface area contributed by atoms with Gasteiger partial charge in [0.1, 0.15) is 22.1 Å². The normalized spacial score (nSPS) is 17.1. The van der Waals surface area contributed by atoms with Crippen LogP contribution in [-0.4, -0.2) is 27.8 Å². The second kappa shape index (κ2) is 7.93. The first-order chi connectivity index (χ1) is 12.6. The summed E-state index contributed by atoms with van der Waals surface area (Å²) < 4.78 is 5.07. The van der Waals surface area contributed by atoms with Gasteiger partial charge in [0.15, 0.2) is 0 Å². The number of para-hydroxylation sites is 1. The number of carbonyl (C=O) groups excluding carboxylic acids is 1. The van der Waals surface area contributed by atoms with E-state index in [9.17, 15) is 15.0 Å². The van der Waals surface area contributed by atoms with Crippen LogP contribution < -0.4 is 0 Å². The summed E-state index contributed by atoms with van der Waals surface area (Å²) in [6.07, 6.45) is 1.73. The molecule has 0 bridgehead atoms. The summed E-state index contributed by atoms with van der Waals surface area (Å²) in [4.78, 5) is 17.3. The zero-order valence-corrected chi connectivity index (χ0v) is 14.9. The largest absolute Gasteiger partial charge is 0.508 e. The van der Waals surface area contributed by atoms with Crippen LogP contribution in [0.15, 0.2) is 75.8 Å². The zero-order valence-electron chi connectivity index (χ0n) is 14.0. The molecule has 0 saturated carbocycles. The molecule has 0 radical (unpaired) electrons. The van der Waals surface area contributed by atoms with Crippen LogP contribution in [-0.2, 0) is 9.53 Å². The van der Waals surface area contributed by atoms with E-state index in [-0.39, 0.29) is 23.7 Å². The first-order valence-corrected chi connectivity index (χ1v) is 8.83. The van der Waals surface area contributed by atoms with Crippen molar-refractivity contribution in [2.45, 2.75) is 6.92 Å². The lowest BCUT2D eigenvalue weighted by Gasteiger charge is -2.03. The molecule has 5 nitrogen and oxygen atoms in total. The number of nitrogens with zero attached hydrogens (tertiary/aromatic N) is 1. The number of aliphatic hydroxyl groups excluding tert-OH is 1. The predicted molar refractivity (Wildman–Crippen MR) is 103 cm³/mol. The summed E-state index contributed by atoms with van der Waals surface area (Å²) >= 11 is 1.20. The molecule has 0 fully saturated rings. The SMILES string of the molecule is CCOC(=O)C1=C(O)/C(=C/c2ccc(O)cc2)SC1=Nc1ccccc1. The van der Waals surface area contributed by atoms with E-state index < -0.39 is 5.97 Å². The zero-order chi connectivity index (χ0) is 18.5. The van der Waals surface area contributed by atoms with Crippen LogP contribution in [0.5, 0.6) is 5.75 Å². The van der Waals surface area contributed by atoms with E-state index in [0.29, 0.717) is 15.6 Å². The van der Waals surface area contributed by atoms with Crippen LogP contribution in [0.4, 0.5) is 5.69 Å². The van der Waals surface area contributed by atoms with Gasteiger partial charge in [-0.05, 0) is 42.8 Å². The smallest absolute Gasteiger partial charge is 0.344 e. The molecule has 6 heteroatoms. The van der Waals surface area contributed by atoms with Gasteiger partial charge in [-0.3, -0.25) is 0 Å². The second-order valence-corrected chi connectivity index (χ2v) is 6.43. The Bertz CT molecular complexity index is 899. The van der Waals surface area contributed by atoms with Gasteiger partial charge >= 0.3 is 5.97 Å². The number of aliphatic imine (C=N–C) groups is 1. The van der Waals surface area contributed by atoms with Gasteiger partial charge in [0, 0.05) is 0 Å². The molecule has 0 unspecified atom stereocenters. The van der Waals surface area contributed by atoms with Gasteiger partial charge in [-0.1, -0.05) is 42.1 Å². The molecular formula is C20H17NO4S. The Balaban J connectivity index is 2.02. The third-order valence-electron chi connectivity index (χ3n) is 3.55. The predicted octanol–water partition coefficient (Wildman–Crippen LogP) is 4.59. The number of ether oxygens (including phenoxy) is 1. The van der Waals surface area contributed by atoms with E-state index in [2.05, 4.69) is 4.99 Å². The molecule has 26 heavy (non-hydrogen) atoms. The van der Waals surface area contributed by atoms with Crippen LogP contribution in [0.1, 0.15) is 12.5 Å². The fourth-order valence-corrected chi connectivity index (χ4v) is 3.37. The number of hydrogen-bond donors (Lipinski definition) is 2. The molecule has 132 valence electrons. The highest BCUT2D eigenvalue weighted by atomic mass is 32.2. The summed E-state index contributed by atoms with van der Waals surface area (Å²) in [7, 11) is 0. The van der Waals surface area contributed by atoms with Crippen LogP contribution >= 0.6 is 11.8 Å². The Labute approximate surface area is 155 Å². The standard InChI is InChI=1S/C20H17NO4S/c1-2-25-20(24)17-18(23)16(12-13-8-10-15(22)11-9-13)26-19(17)21-14-6-4-3-5-7-14/h3-12,22-23H,2H2,1H3/b16-12-,21-19?. The summed E-state index contributed by atoms with van der Waals surface area (Å²) in [5.74, 6) is -0.609. The number of benzene rings is 2. The van der Waals surface area contributed by atoms with Crippen molar-refractivity contribution < 1.29 is 19.7 Å². The van der Waals surface area contributed by atoms with Gasteiger partial charge in [0.05, 0.1) is 17.2 Å². The summed E-state index contributed by atoms with van der Waals surface area (Å²) in [5.41, 5.74) is 1.52. The first-order valence-electron chi connectivity index (χ1n) is 8.02. The van der Waals surface area contributed by atoms with Crippen molar-refractivity contribution in [3.8, 4) is 5.75 Å². The van der Waals surface area contributed by atoms with Gasteiger partial charge in [-0.2, -0.15) is 0 Å². The maximum absolute atomic E-state index is 12.3. The number of phenolic OH excluding ortho intramolecular Hbond substituents is 1. The van der Waals surface area contributed by atoms with E-state index >= 15 is 0 Å². The van der Waals surface area contributed by atoms with Gasteiger partial charge in [-0.15, -0.1) is 0 Å². The molecule has 3 rings (SSSR count). The molecule has 1 aliphatic rings. The third-order valence-corrected chi connectivity index (χ3v) is 4.57. The minimum absolute atomic E-state index is 0.0609. The highest BCUT2D eigenvalue weighted by Gasteiger charge is 2.33. The molecule has 0 atom stereocenters. The van der Waals surface area contributed by atoms with Crippen molar-refractivity contribution in [3.63, 3.8) is 0 Å². The van der Waals surface area contributed by atoms with Crippen LogP contribution in [0.2, 0.25) is 0 Å². The van der Waals surface area contributed by atoms with Crippen molar-refractivity contribution in [2.24, 2.45) is 4.99 Å². The number of thioether (sulfide) groups is 1. The minimum atomic E-state index is -0.610. The summed E-state index contributed by atoms with van der Waals surface area (Å²) in [5, 5.41) is 20.3. The molecule has 0 aliphatic carbocycles. The molecule has 0 saturated heterocycles. The molecule has 2 N–H and O–H groups in total.